The van der Waals surface area contributed by atoms with Crippen LogP contribution in [-0.2, 0) is 20.1 Å². The van der Waals surface area contributed by atoms with E-state index in [1.165, 1.54) is 9.13 Å². The van der Waals surface area contributed by atoms with Crippen LogP contribution in [0.2, 0.25) is 10.0 Å². The van der Waals surface area contributed by atoms with Gasteiger partial charge in [0.15, 0.2) is 0 Å². The third kappa shape index (κ3) is 4.06. The number of halogens is 2. The van der Waals surface area contributed by atoms with Crippen LogP contribution in [0.5, 0.6) is 0 Å². The van der Waals surface area contributed by atoms with Crippen LogP contribution in [0, 0.1) is 0 Å². The summed E-state index contributed by atoms with van der Waals surface area (Å²) < 4.78 is 4.56. The van der Waals surface area contributed by atoms with Crippen LogP contribution in [-0.4, -0.2) is 25.4 Å². The van der Waals surface area contributed by atoms with Crippen LogP contribution in [0.3, 0.4) is 0 Å². The molecule has 0 aliphatic heterocycles. The molecule has 2 heterocycles. The summed E-state index contributed by atoms with van der Waals surface area (Å²) in [5.74, 6) is 0. The van der Waals surface area contributed by atoms with Gasteiger partial charge in [0, 0.05) is 36.8 Å². The third-order valence-corrected chi connectivity index (χ3v) is 5.80. The molecule has 1 N–H and O–H groups in total. The molecule has 0 unspecified atom stereocenters. The SMILES string of the molecule is Cn1c(=O)n(CCCO)c(=O)c2c1cc(-c1cccc(Cl)c1)n2Cc1ccc(Cl)cc1. The van der Waals surface area contributed by atoms with Crippen LogP contribution in [0.1, 0.15) is 12.0 Å². The normalized spacial score (nSPS) is 11.4. The summed E-state index contributed by atoms with van der Waals surface area (Å²) in [4.78, 5) is 26.2. The number of benzene rings is 2. The summed E-state index contributed by atoms with van der Waals surface area (Å²) in [5.41, 5.74) is 2.75. The molecule has 0 spiro atoms. The van der Waals surface area contributed by atoms with Gasteiger partial charge in [-0.05, 0) is 47.9 Å². The number of nitrogens with zero attached hydrogens (tertiary/aromatic N) is 3. The first kappa shape index (κ1) is 21.4. The highest BCUT2D eigenvalue weighted by Crippen LogP contribution is 2.29. The molecule has 31 heavy (non-hydrogen) atoms. The molecule has 0 amide bonds. The molecule has 4 aromatic rings. The molecule has 0 atom stereocenters. The Hall–Kier alpha value is -2.80. The van der Waals surface area contributed by atoms with Crippen molar-refractivity contribution in [2.45, 2.75) is 19.5 Å². The molecule has 0 aliphatic rings. The van der Waals surface area contributed by atoms with Gasteiger partial charge in [0.25, 0.3) is 5.56 Å². The van der Waals surface area contributed by atoms with E-state index in [4.69, 9.17) is 23.2 Å². The summed E-state index contributed by atoms with van der Waals surface area (Å²) >= 11 is 12.3. The minimum Gasteiger partial charge on any atom is -0.396 e. The summed E-state index contributed by atoms with van der Waals surface area (Å²) in [6, 6.07) is 16.6. The lowest BCUT2D eigenvalue weighted by Crippen LogP contribution is -2.39. The summed E-state index contributed by atoms with van der Waals surface area (Å²) in [6.45, 7) is 0.458. The molecule has 6 nitrogen and oxygen atoms in total. The van der Waals surface area contributed by atoms with Crippen molar-refractivity contribution in [3.8, 4) is 11.3 Å². The minimum atomic E-state index is -0.410. The zero-order chi connectivity index (χ0) is 22.1. The maximum atomic E-state index is 13.4. The molecule has 0 bridgehead atoms. The van der Waals surface area contributed by atoms with E-state index in [0.29, 0.717) is 34.0 Å². The Labute approximate surface area is 188 Å². The maximum absolute atomic E-state index is 13.4. The van der Waals surface area contributed by atoms with E-state index >= 15 is 0 Å². The van der Waals surface area contributed by atoms with E-state index in [-0.39, 0.29) is 18.7 Å². The van der Waals surface area contributed by atoms with E-state index in [1.807, 2.05) is 41.0 Å². The second-order valence-corrected chi connectivity index (χ2v) is 8.23. The molecule has 0 aliphatic carbocycles. The number of rotatable bonds is 6. The topological polar surface area (TPSA) is 69.2 Å². The Bertz CT molecular complexity index is 1370. The minimum absolute atomic E-state index is 0.104. The summed E-state index contributed by atoms with van der Waals surface area (Å²) in [7, 11) is 1.65. The van der Waals surface area contributed by atoms with E-state index in [2.05, 4.69) is 0 Å². The first-order valence-electron chi connectivity index (χ1n) is 9.85. The van der Waals surface area contributed by atoms with Gasteiger partial charge in [-0.3, -0.25) is 13.9 Å². The smallest absolute Gasteiger partial charge is 0.331 e. The van der Waals surface area contributed by atoms with Crippen LogP contribution in [0.15, 0.2) is 64.2 Å². The standard InChI is InChI=1S/C23H21Cl2N3O3/c1-26-20-13-19(16-4-2-5-18(25)12-16)28(14-15-6-8-17(24)9-7-15)21(20)22(30)27(23(26)31)10-3-11-29/h2,4-9,12-13,29H,3,10-11,14H2,1H3. The average Bonchev–Trinajstić information content (AvgIpc) is 3.13. The van der Waals surface area contributed by atoms with Crippen molar-refractivity contribution in [2.24, 2.45) is 7.05 Å². The lowest BCUT2D eigenvalue weighted by Gasteiger charge is -2.13. The van der Waals surface area contributed by atoms with Gasteiger partial charge < -0.3 is 9.67 Å². The molecule has 0 saturated heterocycles. The van der Waals surface area contributed by atoms with Gasteiger partial charge in [0.05, 0.1) is 11.2 Å². The Kier molecular flexibility index (Phi) is 6.05. The van der Waals surface area contributed by atoms with Crippen LogP contribution < -0.4 is 11.2 Å². The molecule has 4 rings (SSSR count). The Morgan fingerprint density at radius 1 is 0.935 bits per heavy atom. The van der Waals surface area contributed by atoms with Crippen LogP contribution in [0.25, 0.3) is 22.3 Å². The van der Waals surface area contributed by atoms with Crippen LogP contribution in [0.4, 0.5) is 0 Å². The second-order valence-electron chi connectivity index (χ2n) is 7.36. The van der Waals surface area contributed by atoms with Crippen molar-refractivity contribution in [1.29, 1.82) is 0 Å². The van der Waals surface area contributed by atoms with E-state index in [9.17, 15) is 14.7 Å². The van der Waals surface area contributed by atoms with Crippen molar-refractivity contribution in [3.63, 3.8) is 0 Å². The maximum Gasteiger partial charge on any atom is 0.331 e. The fourth-order valence-corrected chi connectivity index (χ4v) is 4.08. The summed E-state index contributed by atoms with van der Waals surface area (Å²) in [5, 5.41) is 10.4. The second kappa shape index (κ2) is 8.75. The molecular weight excluding hydrogens is 437 g/mol. The first-order valence-corrected chi connectivity index (χ1v) is 10.6. The van der Waals surface area contributed by atoms with Gasteiger partial charge in [-0.1, -0.05) is 47.5 Å². The average molecular weight is 458 g/mol. The number of aromatic nitrogens is 3. The number of fused-ring (bicyclic) bond motifs is 1. The molecule has 2 aromatic carbocycles. The Morgan fingerprint density at radius 2 is 1.68 bits per heavy atom. The Morgan fingerprint density at radius 3 is 2.35 bits per heavy atom. The third-order valence-electron chi connectivity index (χ3n) is 5.32. The van der Waals surface area contributed by atoms with Gasteiger partial charge in [-0.2, -0.15) is 0 Å². The van der Waals surface area contributed by atoms with Crippen molar-refractivity contribution in [1.82, 2.24) is 13.7 Å². The van der Waals surface area contributed by atoms with Crippen molar-refractivity contribution >= 4 is 34.2 Å². The van der Waals surface area contributed by atoms with E-state index in [1.54, 1.807) is 25.2 Å². The lowest BCUT2D eigenvalue weighted by molar-refractivity contribution is 0.277. The van der Waals surface area contributed by atoms with Gasteiger partial charge in [-0.25, -0.2) is 4.79 Å². The van der Waals surface area contributed by atoms with Gasteiger partial charge >= 0.3 is 5.69 Å². The van der Waals surface area contributed by atoms with Crippen molar-refractivity contribution in [2.75, 3.05) is 6.61 Å². The lowest BCUT2D eigenvalue weighted by atomic mass is 10.1. The van der Waals surface area contributed by atoms with Crippen molar-refractivity contribution < 1.29 is 5.11 Å². The largest absolute Gasteiger partial charge is 0.396 e. The molecule has 160 valence electrons. The zero-order valence-corrected chi connectivity index (χ0v) is 18.4. The molecule has 0 radical (unpaired) electrons. The predicted octanol–water partition coefficient (Wildman–Crippen LogP) is 3.91. The number of aliphatic hydroxyl groups excluding tert-OH is 1. The monoisotopic (exact) mass is 457 g/mol. The highest BCUT2D eigenvalue weighted by molar-refractivity contribution is 6.31. The van der Waals surface area contributed by atoms with E-state index < -0.39 is 5.69 Å². The summed E-state index contributed by atoms with van der Waals surface area (Å²) in [6.07, 6.45) is 0.319. The van der Waals surface area contributed by atoms with Gasteiger partial charge in [0.1, 0.15) is 5.52 Å². The molecule has 0 fully saturated rings. The number of aliphatic hydroxyl groups is 1. The van der Waals surface area contributed by atoms with Crippen molar-refractivity contribution in [3.05, 3.63) is 91.0 Å². The first-order chi connectivity index (χ1) is 14.9. The fourth-order valence-electron chi connectivity index (χ4n) is 3.76. The quantitative estimate of drug-likeness (QED) is 0.477. The number of aryl methyl sites for hydroxylation is 1. The van der Waals surface area contributed by atoms with Crippen LogP contribution >= 0.6 is 23.2 Å². The van der Waals surface area contributed by atoms with Gasteiger partial charge in [0.2, 0.25) is 0 Å². The van der Waals surface area contributed by atoms with E-state index in [0.717, 1.165) is 16.8 Å². The number of hydrogen-bond acceptors (Lipinski definition) is 3. The van der Waals surface area contributed by atoms with Gasteiger partial charge in [-0.15, -0.1) is 0 Å². The highest BCUT2D eigenvalue weighted by atomic mass is 35.5. The Balaban J connectivity index is 2.03. The molecule has 0 saturated carbocycles. The number of hydrogen-bond donors (Lipinski definition) is 1. The highest BCUT2D eigenvalue weighted by Gasteiger charge is 2.20. The molecular formula is C23H21Cl2N3O3. The fraction of sp³-hybridized carbons (Fsp3) is 0.217. The molecule has 2 aromatic heterocycles. The molecule has 8 heteroatoms. The zero-order valence-electron chi connectivity index (χ0n) is 16.9. The predicted molar refractivity (Wildman–Crippen MR) is 124 cm³/mol.